The number of carbonyl (C=O) groups excluding carboxylic acids is 4. The summed E-state index contributed by atoms with van der Waals surface area (Å²) in [6.07, 6.45) is 8.49. The zero-order valence-electron chi connectivity index (χ0n) is 50.7. The van der Waals surface area contributed by atoms with Crippen molar-refractivity contribution in [2.24, 2.45) is 47.3 Å². The molecule has 1 aromatic carbocycles. The van der Waals surface area contributed by atoms with Crippen LogP contribution in [0, 0.1) is 71.7 Å². The van der Waals surface area contributed by atoms with E-state index in [0.29, 0.717) is 82.0 Å². The van der Waals surface area contributed by atoms with E-state index < -0.39 is 30.2 Å². The third-order valence-corrected chi connectivity index (χ3v) is 17.9. The molecule has 12 atom stereocenters. The molecule has 98 heavy (non-hydrogen) atoms. The maximum Gasteiger partial charge on any atom is 0.312 e. The number of halogens is 5. The van der Waals surface area contributed by atoms with Gasteiger partial charge in [-0.25, -0.2) is 30.9 Å². The molecule has 0 unspecified atom stereocenters. The lowest BCUT2D eigenvalue weighted by Crippen LogP contribution is -2.32. The highest BCUT2D eigenvalue weighted by Gasteiger charge is 2.41. The van der Waals surface area contributed by atoms with Crippen LogP contribution < -0.4 is 33.9 Å². The number of aromatic nitrogens is 16. The van der Waals surface area contributed by atoms with Gasteiger partial charge in [0, 0.05) is 34.8 Å². The molecule has 9 aromatic rings. The number of nitrogens with zero attached hydrogens (tertiary/aromatic N) is 15. The quantitative estimate of drug-likeness (QED) is 0.0157. The van der Waals surface area contributed by atoms with E-state index in [1.54, 1.807) is 31.8 Å². The monoisotopic (exact) mass is 1440 g/mol. The minimum Gasteiger partial charge on any atom is -0.469 e. The summed E-state index contributed by atoms with van der Waals surface area (Å²) in [5.74, 6) is -0.444. The van der Waals surface area contributed by atoms with E-state index in [2.05, 4.69) is 93.1 Å². The van der Waals surface area contributed by atoms with Crippen LogP contribution in [0.2, 0.25) is 0 Å². The number of nitrogens with two attached hydrogens (primary N) is 4. The van der Waals surface area contributed by atoms with Crippen LogP contribution in [0.3, 0.4) is 0 Å². The predicted molar refractivity (Wildman–Crippen MR) is 366 cm³/mol. The molecule has 30 nitrogen and oxygen atoms in total. The Morgan fingerprint density at radius 2 is 0.908 bits per heavy atom. The number of esters is 2. The molecule has 538 valence electrons. The first-order valence-corrected chi connectivity index (χ1v) is 30.2. The number of ether oxygens (including phenoxy) is 2. The number of hydroxylamine groups is 2. The summed E-state index contributed by atoms with van der Waals surface area (Å²) in [4.78, 5) is 100. The molecular weight excluding hydrogens is 1350 g/mol. The van der Waals surface area contributed by atoms with Crippen molar-refractivity contribution in [2.75, 3.05) is 37.2 Å². The summed E-state index contributed by atoms with van der Waals surface area (Å²) in [5.41, 5.74) is 30.4. The van der Waals surface area contributed by atoms with Gasteiger partial charge in [-0.1, -0.05) is 119 Å². The predicted octanol–water partition coefficient (Wildman–Crippen LogP) is 10.2. The fraction of sp³-hybridized carbons (Fsp3) is 0.524. The molecular formula is C63H93BrF4N22O8. The Morgan fingerprint density at radius 1 is 0.531 bits per heavy atom. The third-order valence-electron chi connectivity index (χ3n) is 17.2. The van der Waals surface area contributed by atoms with Crippen LogP contribution >= 0.6 is 15.9 Å². The molecule has 0 radical (unpaired) electrons. The summed E-state index contributed by atoms with van der Waals surface area (Å²) in [6, 6.07) is 9.54. The van der Waals surface area contributed by atoms with Crippen molar-refractivity contribution in [3.8, 4) is 0 Å². The number of nitrogens with one attached hydrogen (secondary N) is 3. The van der Waals surface area contributed by atoms with Crippen molar-refractivity contribution in [3.05, 3.63) is 85.5 Å². The van der Waals surface area contributed by atoms with Gasteiger partial charge in [-0.3, -0.25) is 29.2 Å². The molecule has 4 aliphatic rings. The summed E-state index contributed by atoms with van der Waals surface area (Å²) in [7, 11) is 2.84. The molecule has 12 N–H and O–H groups in total. The largest absolute Gasteiger partial charge is 0.469 e. The minimum absolute atomic E-state index is 0. The third kappa shape index (κ3) is 18.8. The van der Waals surface area contributed by atoms with Crippen LogP contribution in [-0.2, 0) is 40.1 Å². The van der Waals surface area contributed by atoms with Crippen molar-refractivity contribution in [1.29, 1.82) is 0 Å². The first kappa shape index (κ1) is 82.8. The Hall–Kier alpha value is -9.38. The Kier molecular flexibility index (Phi) is 30.7. The lowest BCUT2D eigenvalue weighted by atomic mass is 9.98. The van der Waals surface area contributed by atoms with Gasteiger partial charge in [0.15, 0.2) is 45.9 Å². The molecule has 0 aliphatic heterocycles. The van der Waals surface area contributed by atoms with Crippen molar-refractivity contribution in [1.82, 2.24) is 89.5 Å². The Bertz CT molecular complexity index is 3970. The number of nitrogen functional groups attached to an aromatic ring is 4. The van der Waals surface area contributed by atoms with Crippen molar-refractivity contribution >= 4 is 108 Å². The van der Waals surface area contributed by atoms with Gasteiger partial charge >= 0.3 is 36.3 Å². The number of rotatable bonds is 10. The van der Waals surface area contributed by atoms with Gasteiger partial charge in [-0.05, 0) is 80.6 Å². The smallest absolute Gasteiger partial charge is 0.312 e. The molecule has 2 amide bonds. The highest BCUT2D eigenvalue weighted by Crippen LogP contribution is 2.44. The minimum atomic E-state index is -0.905. The van der Waals surface area contributed by atoms with Crippen LogP contribution in [0.25, 0.3) is 44.7 Å². The zero-order valence-corrected chi connectivity index (χ0v) is 52.3. The van der Waals surface area contributed by atoms with Gasteiger partial charge in [0.1, 0.15) is 22.1 Å². The van der Waals surface area contributed by atoms with Gasteiger partial charge in [0.2, 0.25) is 11.8 Å². The number of H-pyrrole nitrogens is 1. The lowest BCUT2D eigenvalue weighted by molar-refractivity contribution is -0.147. The van der Waals surface area contributed by atoms with E-state index in [0.717, 1.165) is 31.2 Å². The number of alkyl halides is 1. The van der Waals surface area contributed by atoms with E-state index >= 15 is 0 Å². The maximum absolute atomic E-state index is 13.6. The van der Waals surface area contributed by atoms with Crippen molar-refractivity contribution < 1.29 is 56.3 Å². The normalized spacial score (nSPS) is 22.5. The summed E-state index contributed by atoms with van der Waals surface area (Å²) >= 11 is 3.51. The average molecular weight is 1440 g/mol. The summed E-state index contributed by atoms with van der Waals surface area (Å²) in [5, 5.41) is 8.77. The van der Waals surface area contributed by atoms with Crippen LogP contribution in [-0.4, -0.2) is 127 Å². The topological polar surface area (TPSA) is 430 Å². The highest BCUT2D eigenvalue weighted by molar-refractivity contribution is 9.09. The molecule has 8 aromatic heterocycles. The van der Waals surface area contributed by atoms with E-state index in [9.17, 15) is 36.7 Å². The van der Waals surface area contributed by atoms with E-state index in [1.165, 1.54) is 26.9 Å². The Labute approximate surface area is 574 Å². The molecule has 4 fully saturated rings. The Morgan fingerprint density at radius 3 is 1.32 bits per heavy atom. The summed E-state index contributed by atoms with van der Waals surface area (Å²) < 4.78 is 67.5. The van der Waals surface area contributed by atoms with Gasteiger partial charge < -0.3 is 51.1 Å². The molecule has 8 heterocycles. The number of aromatic amines is 1. The first-order valence-electron chi connectivity index (χ1n) is 29.2. The number of amides is 2. The molecule has 13 rings (SSSR count). The number of methoxy groups -OCH3 is 2. The second kappa shape index (κ2) is 36.3. The lowest BCUT2D eigenvalue weighted by Gasteiger charge is -2.15. The molecule has 0 spiro atoms. The van der Waals surface area contributed by atoms with E-state index in [-0.39, 0.29) is 151 Å². The number of hydrogen-bond donors (Lipinski definition) is 8. The number of hydrogen-bond acceptors (Lipinski definition) is 24. The number of imidazole rings is 4. The van der Waals surface area contributed by atoms with Crippen LogP contribution in [0.5, 0.6) is 0 Å². The van der Waals surface area contributed by atoms with Crippen LogP contribution in [0.15, 0.2) is 55.6 Å². The average Bonchev–Trinajstić information content (AvgIpc) is 1.63. The molecule has 4 aliphatic carbocycles. The number of carbonyl (C=O) groups is 4. The van der Waals surface area contributed by atoms with Gasteiger partial charge in [-0.15, -0.1) is 0 Å². The fourth-order valence-electron chi connectivity index (χ4n) is 12.5. The van der Waals surface area contributed by atoms with E-state index in [1.807, 2.05) is 51.1 Å². The molecule has 4 saturated carbocycles. The van der Waals surface area contributed by atoms with Gasteiger partial charge in [-0.2, -0.15) is 57.4 Å². The molecule has 0 saturated heterocycles. The van der Waals surface area contributed by atoms with Crippen molar-refractivity contribution in [3.63, 3.8) is 0 Å². The SMILES string of the molecule is C.C.C.C.C.C.COC(=O)[C@H]1C[C@@H](Br)C[C@@H]1C.COC(=O)[C@H]1C[C@H](n2cnc3c(N)nc(F)nc32)C[C@@H]1C.C[C@H]1C[C@@H](n2cnc3c(N)nc(F)nc32)C[C@@H]1C(=O)NO.C[C@H]1C[C@@H](n2cnc3c(N)nc(F)nc32)C[C@@H]1C(=O)NOCc1ccccc1.Nc1nc(F)nc2nc[nH]c12. The Balaban J connectivity index is 0.000000326. The molecule has 0 bridgehead atoms. The zero-order chi connectivity index (χ0) is 66.2. The van der Waals surface area contributed by atoms with Crippen LogP contribution in [0.1, 0.15) is 147 Å². The highest BCUT2D eigenvalue weighted by atomic mass is 79.9. The van der Waals surface area contributed by atoms with Gasteiger partial charge in [0.05, 0.1) is 58.0 Å². The number of anilines is 4. The second-order valence-corrected chi connectivity index (χ2v) is 24.4. The number of benzene rings is 1. The summed E-state index contributed by atoms with van der Waals surface area (Å²) in [6.45, 7) is 8.36. The standard InChI is InChI=1S/C19H21FN6O2.C13H16FN5O2.C12H15FN6O2.C8H13BrO2.C5H4FN5.6CH4/c1-11-7-13(26-10-22-15-16(21)23-19(20)24-17(15)26)8-14(11)18(27)25-28-9-12-5-3-2-4-6-12;1-6-3-7(4-8(6)12(20)21-2)19-5-16-9-10(15)17-13(14)18-11(9)19;1-5-2-6(3-7(5)11(20)18-21)19-4-15-8-9(14)16-12(13)17-10(8)19;1-5-3-6(9)4-7(5)8(10)11-2;6-5-10-3(7)2-4(11-5)9-1-8-2;;;;;;/h2-6,10-11,13-14H,7-9H2,1H3,(H,25,27)(H2,21,23,24);5-8H,3-4H2,1-2H3,(H2,15,17,18);4-7,21H,2-3H2,1H3,(H,18,20)(H2,14,16,17);5-7H,3-4H2,1-2H3;1H,(H3,7,8,9,10,11);6*1H4/t11-,13+,14-;6-,7+,8-;5-,6+,7-;5-,6-,7-;;;;;;;/m0000......./s1. The fourth-order valence-corrected chi connectivity index (χ4v) is 13.5. The second-order valence-electron chi connectivity index (χ2n) is 23.1. The molecule has 35 heteroatoms. The van der Waals surface area contributed by atoms with E-state index in [4.69, 9.17) is 42.5 Å². The number of fused-ring (bicyclic) bond motifs is 4. The van der Waals surface area contributed by atoms with Crippen molar-refractivity contribution in [2.45, 2.75) is 153 Å². The maximum atomic E-state index is 13.6. The van der Waals surface area contributed by atoms with Crippen LogP contribution in [0.4, 0.5) is 40.8 Å². The first-order chi connectivity index (χ1) is 44.0. The van der Waals surface area contributed by atoms with Gasteiger partial charge in [0.25, 0.3) is 0 Å².